The van der Waals surface area contributed by atoms with E-state index >= 15 is 0 Å². The van der Waals surface area contributed by atoms with Gasteiger partial charge in [-0.3, -0.25) is 0 Å². The lowest BCUT2D eigenvalue weighted by molar-refractivity contribution is 1.44. The van der Waals surface area contributed by atoms with Gasteiger partial charge in [-0.1, -0.05) is 35.1 Å². The molecule has 3 rings (SSSR count). The van der Waals surface area contributed by atoms with E-state index < -0.39 is 0 Å². The zero-order valence-electron chi connectivity index (χ0n) is 9.35. The van der Waals surface area contributed by atoms with Crippen LogP contribution in [0.1, 0.15) is 0 Å². The SMILES string of the molecule is Nc1ccc2nc(Nc3ccccc3Cl)sc2c1. The lowest BCUT2D eigenvalue weighted by Gasteiger charge is -2.03. The summed E-state index contributed by atoms with van der Waals surface area (Å²) in [6.45, 7) is 0. The van der Waals surface area contributed by atoms with Crippen LogP contribution in [0.25, 0.3) is 10.2 Å². The Hall–Kier alpha value is -1.78. The number of nitrogens with zero attached hydrogens (tertiary/aromatic N) is 1. The van der Waals surface area contributed by atoms with Gasteiger partial charge in [0.15, 0.2) is 5.13 Å². The highest BCUT2D eigenvalue weighted by atomic mass is 35.5. The van der Waals surface area contributed by atoms with Crippen molar-refractivity contribution < 1.29 is 0 Å². The summed E-state index contributed by atoms with van der Waals surface area (Å²) < 4.78 is 1.06. The van der Waals surface area contributed by atoms with E-state index in [1.807, 2.05) is 42.5 Å². The van der Waals surface area contributed by atoms with Crippen molar-refractivity contribution in [2.75, 3.05) is 11.1 Å². The first-order valence-electron chi connectivity index (χ1n) is 5.40. The molecule has 0 unspecified atom stereocenters. The lowest BCUT2D eigenvalue weighted by Crippen LogP contribution is -1.89. The van der Waals surface area contributed by atoms with Crippen LogP contribution in [-0.2, 0) is 0 Å². The Bertz CT molecular complexity index is 708. The van der Waals surface area contributed by atoms with Gasteiger partial charge in [0.05, 0.1) is 20.9 Å². The van der Waals surface area contributed by atoms with Crippen LogP contribution < -0.4 is 11.1 Å². The third-order valence-electron chi connectivity index (χ3n) is 2.53. The molecule has 0 radical (unpaired) electrons. The van der Waals surface area contributed by atoms with E-state index in [1.165, 1.54) is 0 Å². The zero-order chi connectivity index (χ0) is 12.5. The number of thiazole rings is 1. The monoisotopic (exact) mass is 275 g/mol. The van der Waals surface area contributed by atoms with Crippen molar-refractivity contribution in [3.63, 3.8) is 0 Å². The van der Waals surface area contributed by atoms with Crippen LogP contribution in [0.2, 0.25) is 5.02 Å². The minimum atomic E-state index is 0.677. The number of halogens is 1. The smallest absolute Gasteiger partial charge is 0.188 e. The summed E-state index contributed by atoms with van der Waals surface area (Å²) in [4.78, 5) is 4.48. The first kappa shape index (κ1) is 11.3. The van der Waals surface area contributed by atoms with Crippen molar-refractivity contribution in [2.24, 2.45) is 0 Å². The maximum absolute atomic E-state index is 6.09. The Morgan fingerprint density at radius 1 is 1.17 bits per heavy atom. The highest BCUT2D eigenvalue weighted by Gasteiger charge is 2.05. The molecule has 0 fully saturated rings. The summed E-state index contributed by atoms with van der Waals surface area (Å²) in [7, 11) is 0. The first-order chi connectivity index (χ1) is 8.72. The number of hydrogen-bond acceptors (Lipinski definition) is 4. The van der Waals surface area contributed by atoms with Crippen molar-refractivity contribution >= 4 is 49.7 Å². The molecule has 0 saturated carbocycles. The third-order valence-corrected chi connectivity index (χ3v) is 3.79. The Labute approximate surface area is 113 Å². The van der Waals surface area contributed by atoms with Gasteiger partial charge in [-0.05, 0) is 30.3 Å². The predicted molar refractivity (Wildman–Crippen MR) is 78.8 cm³/mol. The molecule has 3 aromatic rings. The molecule has 3 nitrogen and oxygen atoms in total. The highest BCUT2D eigenvalue weighted by molar-refractivity contribution is 7.22. The van der Waals surface area contributed by atoms with Crippen molar-refractivity contribution in [1.82, 2.24) is 4.98 Å². The van der Waals surface area contributed by atoms with Crippen LogP contribution in [0, 0.1) is 0 Å². The van der Waals surface area contributed by atoms with E-state index in [9.17, 15) is 0 Å². The number of hydrogen-bond donors (Lipinski definition) is 2. The van der Waals surface area contributed by atoms with Crippen LogP contribution >= 0.6 is 22.9 Å². The number of nitrogens with two attached hydrogens (primary N) is 1. The summed E-state index contributed by atoms with van der Waals surface area (Å²) in [5.74, 6) is 0. The summed E-state index contributed by atoms with van der Waals surface area (Å²) in [5, 5.41) is 4.70. The number of aromatic nitrogens is 1. The predicted octanol–water partition coefficient (Wildman–Crippen LogP) is 4.28. The minimum Gasteiger partial charge on any atom is -0.399 e. The highest BCUT2D eigenvalue weighted by Crippen LogP contribution is 2.31. The Morgan fingerprint density at radius 3 is 2.83 bits per heavy atom. The Balaban J connectivity index is 1.98. The number of rotatable bonds is 2. The number of benzene rings is 2. The zero-order valence-corrected chi connectivity index (χ0v) is 10.9. The molecule has 2 aromatic carbocycles. The van der Waals surface area contributed by atoms with Crippen molar-refractivity contribution in [3.8, 4) is 0 Å². The molecular formula is C13H10ClN3S. The molecule has 3 N–H and O–H groups in total. The number of fused-ring (bicyclic) bond motifs is 1. The molecule has 0 amide bonds. The van der Waals surface area contributed by atoms with E-state index in [1.54, 1.807) is 11.3 Å². The van der Waals surface area contributed by atoms with Gasteiger partial charge in [-0.25, -0.2) is 4.98 Å². The average Bonchev–Trinajstić information content (AvgIpc) is 2.73. The summed E-state index contributed by atoms with van der Waals surface area (Å²) in [6.07, 6.45) is 0. The quantitative estimate of drug-likeness (QED) is 0.687. The lowest BCUT2D eigenvalue weighted by atomic mass is 10.3. The first-order valence-corrected chi connectivity index (χ1v) is 6.59. The van der Waals surface area contributed by atoms with Crippen molar-refractivity contribution in [2.45, 2.75) is 0 Å². The molecule has 1 heterocycles. The summed E-state index contributed by atoms with van der Waals surface area (Å²) in [6, 6.07) is 13.3. The standard InChI is InChI=1S/C13H10ClN3S/c14-9-3-1-2-4-10(9)16-13-17-11-6-5-8(15)7-12(11)18-13/h1-7H,15H2,(H,16,17). The van der Waals surface area contributed by atoms with Gasteiger partial charge >= 0.3 is 0 Å². The number of nitrogen functional groups attached to an aromatic ring is 1. The fourth-order valence-electron chi connectivity index (χ4n) is 1.67. The van der Waals surface area contributed by atoms with Crippen molar-refractivity contribution in [1.29, 1.82) is 0 Å². The molecule has 0 aliphatic carbocycles. The van der Waals surface area contributed by atoms with Gasteiger partial charge in [0.1, 0.15) is 0 Å². The molecule has 5 heteroatoms. The number of anilines is 3. The summed E-state index contributed by atoms with van der Waals surface area (Å²) in [5.41, 5.74) is 8.28. The van der Waals surface area contributed by atoms with E-state index in [0.29, 0.717) is 5.02 Å². The van der Waals surface area contributed by atoms with E-state index in [0.717, 1.165) is 26.7 Å². The fraction of sp³-hybridized carbons (Fsp3) is 0. The maximum Gasteiger partial charge on any atom is 0.188 e. The molecule has 0 aliphatic rings. The van der Waals surface area contributed by atoms with Gasteiger partial charge in [0.2, 0.25) is 0 Å². The summed E-state index contributed by atoms with van der Waals surface area (Å²) >= 11 is 7.65. The number of para-hydroxylation sites is 1. The Morgan fingerprint density at radius 2 is 2.00 bits per heavy atom. The van der Waals surface area contributed by atoms with E-state index in [2.05, 4.69) is 10.3 Å². The topological polar surface area (TPSA) is 50.9 Å². The molecule has 1 aromatic heterocycles. The molecule has 0 spiro atoms. The van der Waals surface area contributed by atoms with Gasteiger partial charge in [0, 0.05) is 5.69 Å². The molecule has 0 atom stereocenters. The third kappa shape index (κ3) is 2.12. The van der Waals surface area contributed by atoms with E-state index in [4.69, 9.17) is 17.3 Å². The van der Waals surface area contributed by atoms with Gasteiger partial charge in [-0.2, -0.15) is 0 Å². The largest absolute Gasteiger partial charge is 0.399 e. The van der Waals surface area contributed by atoms with Crippen LogP contribution in [0.5, 0.6) is 0 Å². The molecule has 0 bridgehead atoms. The van der Waals surface area contributed by atoms with Crippen LogP contribution in [0.3, 0.4) is 0 Å². The van der Waals surface area contributed by atoms with Gasteiger partial charge in [0.25, 0.3) is 0 Å². The van der Waals surface area contributed by atoms with Crippen LogP contribution in [0.15, 0.2) is 42.5 Å². The second-order valence-electron chi connectivity index (χ2n) is 3.85. The molecular weight excluding hydrogens is 266 g/mol. The second-order valence-corrected chi connectivity index (χ2v) is 5.29. The van der Waals surface area contributed by atoms with Gasteiger partial charge < -0.3 is 11.1 Å². The van der Waals surface area contributed by atoms with Crippen LogP contribution in [0.4, 0.5) is 16.5 Å². The van der Waals surface area contributed by atoms with Crippen LogP contribution in [-0.4, -0.2) is 4.98 Å². The molecule has 0 saturated heterocycles. The second kappa shape index (κ2) is 4.48. The normalized spacial score (nSPS) is 10.7. The average molecular weight is 276 g/mol. The van der Waals surface area contributed by atoms with Crippen molar-refractivity contribution in [3.05, 3.63) is 47.5 Å². The molecule has 18 heavy (non-hydrogen) atoms. The maximum atomic E-state index is 6.09. The minimum absolute atomic E-state index is 0.677. The Kier molecular flexibility index (Phi) is 2.81. The number of nitrogens with one attached hydrogen (secondary N) is 1. The van der Waals surface area contributed by atoms with Gasteiger partial charge in [-0.15, -0.1) is 0 Å². The molecule has 90 valence electrons. The fourth-order valence-corrected chi connectivity index (χ4v) is 2.78. The van der Waals surface area contributed by atoms with E-state index in [-0.39, 0.29) is 0 Å². The molecule has 0 aliphatic heterocycles.